The van der Waals surface area contributed by atoms with Gasteiger partial charge in [0.25, 0.3) is 0 Å². The molecule has 0 bridgehead atoms. The van der Waals surface area contributed by atoms with E-state index in [0.717, 1.165) is 19.0 Å². The van der Waals surface area contributed by atoms with E-state index in [1.165, 1.54) is 0 Å². The predicted octanol–water partition coefficient (Wildman–Crippen LogP) is 4.83. The molecule has 0 atom stereocenters. The van der Waals surface area contributed by atoms with Crippen LogP contribution in [0.4, 0.5) is 0 Å². The van der Waals surface area contributed by atoms with E-state index < -0.39 is 27.7 Å². The number of unbranched alkanes of at least 4 members (excludes halogenated alkanes) is 1. The largest absolute Gasteiger partial charge is 0.478 e. The van der Waals surface area contributed by atoms with Crippen LogP contribution in [0.1, 0.15) is 19.3 Å². The van der Waals surface area contributed by atoms with Crippen LogP contribution < -0.4 is 0 Å². The first-order valence-corrected chi connectivity index (χ1v) is 17.4. The monoisotopic (exact) mass is 320 g/mol. The summed E-state index contributed by atoms with van der Waals surface area (Å²) in [5.41, 5.74) is 0.260. The SMILES string of the molecule is C=C(CCCCP(=O)([Si](C)(C)C)[Si](C)(C)C)C(=O)O. The van der Waals surface area contributed by atoms with Gasteiger partial charge >= 0.3 is 5.97 Å². The van der Waals surface area contributed by atoms with Gasteiger partial charge in [0.15, 0.2) is 0 Å². The summed E-state index contributed by atoms with van der Waals surface area (Å²) < 4.78 is 13.4. The molecule has 0 aliphatic carbocycles. The van der Waals surface area contributed by atoms with Crippen molar-refractivity contribution in [1.82, 2.24) is 0 Å². The maximum atomic E-state index is 13.4. The van der Waals surface area contributed by atoms with Gasteiger partial charge < -0.3 is 9.67 Å². The molecule has 0 rings (SSSR count). The summed E-state index contributed by atoms with van der Waals surface area (Å²) in [6.45, 7) is 16.8. The van der Waals surface area contributed by atoms with Gasteiger partial charge in [0.2, 0.25) is 0 Å². The number of hydrogen-bond donors (Lipinski definition) is 1. The first kappa shape index (κ1) is 18.9. The van der Waals surface area contributed by atoms with Gasteiger partial charge in [-0.1, -0.05) is 45.9 Å². The summed E-state index contributed by atoms with van der Waals surface area (Å²) in [5, 5.41) is 8.76. The Kier molecular flexibility index (Phi) is 6.51. The van der Waals surface area contributed by atoms with Crippen LogP contribution in [0.15, 0.2) is 12.2 Å². The third-order valence-corrected chi connectivity index (χ3v) is 35.4. The van der Waals surface area contributed by atoms with Crippen molar-refractivity contribution in [3.8, 4) is 0 Å². The highest BCUT2D eigenvalue weighted by atomic mass is 31.6. The third kappa shape index (κ3) is 5.05. The molecule has 0 spiro atoms. The molecule has 0 saturated carbocycles. The first-order valence-electron chi connectivity index (χ1n) is 6.83. The molecule has 0 aliphatic rings. The van der Waals surface area contributed by atoms with E-state index in [4.69, 9.17) is 5.11 Å². The zero-order valence-electron chi connectivity index (χ0n) is 13.2. The molecular weight excluding hydrogens is 291 g/mol. The zero-order chi connectivity index (χ0) is 15.5. The molecule has 0 unspecified atom stereocenters. The highest BCUT2D eigenvalue weighted by Gasteiger charge is 2.47. The van der Waals surface area contributed by atoms with Crippen molar-refractivity contribution in [2.24, 2.45) is 0 Å². The number of hydrogen-bond acceptors (Lipinski definition) is 2. The number of carboxylic acid groups (broad SMARTS) is 1. The third-order valence-electron chi connectivity index (χ3n) is 3.67. The minimum Gasteiger partial charge on any atom is -0.478 e. The van der Waals surface area contributed by atoms with Crippen molar-refractivity contribution in [2.75, 3.05) is 6.16 Å². The van der Waals surface area contributed by atoms with E-state index in [9.17, 15) is 9.36 Å². The highest BCUT2D eigenvalue weighted by Crippen LogP contribution is 2.62. The molecule has 1 N–H and O–H groups in total. The van der Waals surface area contributed by atoms with Crippen molar-refractivity contribution in [3.63, 3.8) is 0 Å². The van der Waals surface area contributed by atoms with E-state index in [-0.39, 0.29) is 5.57 Å². The molecule has 19 heavy (non-hydrogen) atoms. The Labute approximate surface area is 119 Å². The quantitative estimate of drug-likeness (QED) is 0.301. The lowest BCUT2D eigenvalue weighted by molar-refractivity contribution is -0.132. The van der Waals surface area contributed by atoms with Crippen LogP contribution in [0.5, 0.6) is 0 Å². The number of aliphatic carboxylic acids is 1. The van der Waals surface area contributed by atoms with Crippen LogP contribution in [0, 0.1) is 0 Å². The Bertz CT molecular complexity index is 374. The molecule has 112 valence electrons. The summed E-state index contributed by atoms with van der Waals surface area (Å²) in [5.74, 6) is -0.918. The van der Waals surface area contributed by atoms with Crippen molar-refractivity contribution >= 4 is 27.7 Å². The van der Waals surface area contributed by atoms with E-state index in [2.05, 4.69) is 45.9 Å². The molecule has 0 radical (unpaired) electrons. The van der Waals surface area contributed by atoms with Gasteiger partial charge in [0, 0.05) is 5.57 Å². The summed E-state index contributed by atoms with van der Waals surface area (Å²) in [6, 6.07) is 0. The van der Waals surface area contributed by atoms with Gasteiger partial charge in [-0.3, -0.25) is 0 Å². The molecule has 0 aromatic heterocycles. The number of carbonyl (C=O) groups is 1. The second kappa shape index (κ2) is 6.55. The molecule has 0 fully saturated rings. The fourth-order valence-corrected chi connectivity index (χ4v) is 35.6. The van der Waals surface area contributed by atoms with Gasteiger partial charge in [-0.25, -0.2) is 4.79 Å². The molecular formula is C13H29O3PSi2. The molecule has 0 heterocycles. The summed E-state index contributed by atoms with van der Waals surface area (Å²) in [7, 11) is -3.33. The van der Waals surface area contributed by atoms with Crippen molar-refractivity contribution < 1.29 is 14.5 Å². The molecule has 0 aromatic rings. The van der Waals surface area contributed by atoms with Gasteiger partial charge in [-0.05, 0) is 25.4 Å². The highest BCUT2D eigenvalue weighted by molar-refractivity contribution is 8.22. The van der Waals surface area contributed by atoms with Gasteiger partial charge in [-0.2, -0.15) is 0 Å². The number of rotatable bonds is 8. The Morgan fingerprint density at radius 2 is 1.47 bits per heavy atom. The van der Waals surface area contributed by atoms with E-state index in [1.54, 1.807) is 0 Å². The average molecular weight is 321 g/mol. The second-order valence-corrected chi connectivity index (χ2v) is 31.5. The van der Waals surface area contributed by atoms with Crippen molar-refractivity contribution in [2.45, 2.75) is 58.5 Å². The van der Waals surface area contributed by atoms with E-state index in [0.29, 0.717) is 6.42 Å². The molecule has 0 aromatic carbocycles. The standard InChI is InChI=1S/C13H29O3PSi2/c1-12(13(14)15)10-8-9-11-17(16,18(2,3)4)19(5,6)7/h1,8-11H2,2-7H3,(H,14,15). The first-order chi connectivity index (χ1) is 8.33. The molecule has 6 heteroatoms. The van der Waals surface area contributed by atoms with Crippen LogP contribution in [-0.4, -0.2) is 32.7 Å². The second-order valence-electron chi connectivity index (χ2n) is 7.17. The van der Waals surface area contributed by atoms with E-state index in [1.807, 2.05) is 0 Å². The van der Waals surface area contributed by atoms with Crippen molar-refractivity contribution in [3.05, 3.63) is 12.2 Å². The average Bonchev–Trinajstić information content (AvgIpc) is 2.20. The molecule has 0 amide bonds. The van der Waals surface area contributed by atoms with E-state index >= 15 is 0 Å². The lowest BCUT2D eigenvalue weighted by Crippen LogP contribution is -2.37. The smallest absolute Gasteiger partial charge is 0.330 e. The van der Waals surface area contributed by atoms with Crippen molar-refractivity contribution in [1.29, 1.82) is 0 Å². The predicted molar refractivity (Wildman–Crippen MR) is 89.8 cm³/mol. The van der Waals surface area contributed by atoms with Crippen LogP contribution in [-0.2, 0) is 9.36 Å². The lowest BCUT2D eigenvalue weighted by Gasteiger charge is -2.39. The summed E-state index contributed by atoms with van der Waals surface area (Å²) in [6.07, 6.45) is 0.875. The summed E-state index contributed by atoms with van der Waals surface area (Å²) >= 11 is 0. The minimum absolute atomic E-state index is 0.260. The normalized spacial score (nSPS) is 13.4. The summed E-state index contributed by atoms with van der Waals surface area (Å²) in [4.78, 5) is 10.7. The van der Waals surface area contributed by atoms with Crippen LogP contribution in [0.25, 0.3) is 0 Å². The fraction of sp³-hybridized carbons (Fsp3) is 0.769. The maximum Gasteiger partial charge on any atom is 0.330 e. The van der Waals surface area contributed by atoms with Gasteiger partial charge in [-0.15, -0.1) is 0 Å². The van der Waals surface area contributed by atoms with Gasteiger partial charge in [0.1, 0.15) is 15.5 Å². The fourth-order valence-electron chi connectivity index (χ4n) is 2.46. The molecule has 3 nitrogen and oxygen atoms in total. The zero-order valence-corrected chi connectivity index (χ0v) is 16.1. The van der Waals surface area contributed by atoms with Crippen LogP contribution >= 0.6 is 6.24 Å². The lowest BCUT2D eigenvalue weighted by atomic mass is 10.1. The molecule has 0 saturated heterocycles. The Morgan fingerprint density at radius 3 is 1.79 bits per heavy atom. The van der Waals surface area contributed by atoms with Crippen LogP contribution in [0.2, 0.25) is 39.3 Å². The maximum absolute atomic E-state index is 13.4. The Balaban J connectivity index is 4.62. The topological polar surface area (TPSA) is 54.4 Å². The molecule has 0 aliphatic heterocycles. The number of carboxylic acids is 1. The minimum atomic E-state index is -2.07. The Morgan fingerprint density at radius 1 is 1.05 bits per heavy atom. The van der Waals surface area contributed by atoms with Crippen LogP contribution in [0.3, 0.4) is 0 Å². The Hall–Kier alpha value is -0.126. The van der Waals surface area contributed by atoms with Gasteiger partial charge in [0.05, 0.1) is 6.24 Å².